The van der Waals surface area contributed by atoms with Crippen LogP contribution in [-0.2, 0) is 11.2 Å². The molecular weight excluding hydrogens is 268 g/mol. The van der Waals surface area contributed by atoms with Crippen LogP contribution < -0.4 is 20.5 Å². The zero-order valence-electron chi connectivity index (χ0n) is 12.7. The second-order valence-corrected chi connectivity index (χ2v) is 4.81. The molecule has 2 atom stereocenters. The average molecular weight is 290 g/mol. The van der Waals surface area contributed by atoms with E-state index in [1.54, 1.807) is 20.1 Å². The lowest BCUT2D eigenvalue weighted by Gasteiger charge is -2.20. The molecule has 0 saturated carbocycles. The molecule has 5 heteroatoms. The standard InChI is InChI=1S/C16H22N2O3/c1-5-9-18-16(19)12(3)21-15-13(10-11(2)17)7-6-8-14(15)20-4/h1,6-8,11-12H,9-10,17H2,2-4H3,(H,18,19). The highest BCUT2D eigenvalue weighted by Crippen LogP contribution is 2.32. The number of benzene rings is 1. The van der Waals surface area contributed by atoms with E-state index in [9.17, 15) is 4.79 Å². The van der Waals surface area contributed by atoms with Crippen molar-refractivity contribution in [3.8, 4) is 23.8 Å². The molecule has 1 amide bonds. The van der Waals surface area contributed by atoms with Gasteiger partial charge in [-0.3, -0.25) is 4.79 Å². The Kier molecular flexibility index (Phi) is 6.57. The molecule has 0 aliphatic heterocycles. The van der Waals surface area contributed by atoms with E-state index in [0.29, 0.717) is 17.9 Å². The van der Waals surface area contributed by atoms with E-state index in [-0.39, 0.29) is 18.5 Å². The van der Waals surface area contributed by atoms with Crippen LogP contribution in [0, 0.1) is 12.3 Å². The van der Waals surface area contributed by atoms with Crippen LogP contribution in [0.15, 0.2) is 18.2 Å². The number of nitrogens with two attached hydrogens (primary N) is 1. The summed E-state index contributed by atoms with van der Waals surface area (Å²) < 4.78 is 11.1. The SMILES string of the molecule is C#CCNC(=O)C(C)Oc1c(CC(C)N)cccc1OC. The number of hydrogen-bond donors (Lipinski definition) is 2. The van der Waals surface area contributed by atoms with Crippen molar-refractivity contribution in [2.75, 3.05) is 13.7 Å². The summed E-state index contributed by atoms with van der Waals surface area (Å²) in [5, 5.41) is 2.58. The molecule has 0 saturated heterocycles. The molecule has 0 bridgehead atoms. The fourth-order valence-corrected chi connectivity index (χ4v) is 1.88. The highest BCUT2D eigenvalue weighted by atomic mass is 16.5. The molecular formula is C16H22N2O3. The number of para-hydroxylation sites is 1. The Morgan fingerprint density at radius 2 is 2.19 bits per heavy atom. The van der Waals surface area contributed by atoms with Crippen molar-refractivity contribution in [1.29, 1.82) is 0 Å². The van der Waals surface area contributed by atoms with E-state index < -0.39 is 6.10 Å². The van der Waals surface area contributed by atoms with E-state index in [0.717, 1.165) is 5.56 Å². The van der Waals surface area contributed by atoms with Gasteiger partial charge in [-0.2, -0.15) is 0 Å². The van der Waals surface area contributed by atoms with E-state index in [2.05, 4.69) is 11.2 Å². The second-order valence-electron chi connectivity index (χ2n) is 4.81. The number of methoxy groups -OCH3 is 1. The van der Waals surface area contributed by atoms with Crippen molar-refractivity contribution < 1.29 is 14.3 Å². The Labute approximate surface area is 125 Å². The van der Waals surface area contributed by atoms with Crippen LogP contribution in [0.2, 0.25) is 0 Å². The molecule has 0 aromatic heterocycles. The van der Waals surface area contributed by atoms with Crippen molar-refractivity contribution >= 4 is 5.91 Å². The van der Waals surface area contributed by atoms with Crippen LogP contribution in [0.1, 0.15) is 19.4 Å². The predicted octanol–water partition coefficient (Wildman–Crippen LogP) is 1.10. The molecule has 0 spiro atoms. The van der Waals surface area contributed by atoms with Gasteiger partial charge in [0, 0.05) is 6.04 Å². The summed E-state index contributed by atoms with van der Waals surface area (Å²) in [7, 11) is 1.56. The van der Waals surface area contributed by atoms with Crippen molar-refractivity contribution in [2.24, 2.45) is 5.73 Å². The topological polar surface area (TPSA) is 73.6 Å². The number of hydrogen-bond acceptors (Lipinski definition) is 4. The van der Waals surface area contributed by atoms with Gasteiger partial charge in [0.05, 0.1) is 13.7 Å². The number of carbonyl (C=O) groups is 1. The largest absolute Gasteiger partial charge is 0.493 e. The van der Waals surface area contributed by atoms with Crippen LogP contribution in [0.25, 0.3) is 0 Å². The van der Waals surface area contributed by atoms with Crippen molar-refractivity contribution in [1.82, 2.24) is 5.32 Å². The molecule has 114 valence electrons. The maximum Gasteiger partial charge on any atom is 0.261 e. The normalized spacial score (nSPS) is 12.9. The molecule has 0 heterocycles. The lowest BCUT2D eigenvalue weighted by Crippen LogP contribution is -2.36. The highest BCUT2D eigenvalue weighted by molar-refractivity contribution is 5.81. The first-order chi connectivity index (χ1) is 9.99. The van der Waals surface area contributed by atoms with Gasteiger partial charge in [0.2, 0.25) is 0 Å². The molecule has 1 aromatic rings. The van der Waals surface area contributed by atoms with Crippen molar-refractivity contribution in [3.05, 3.63) is 23.8 Å². The maximum atomic E-state index is 11.8. The Morgan fingerprint density at radius 3 is 2.76 bits per heavy atom. The lowest BCUT2D eigenvalue weighted by molar-refractivity contribution is -0.127. The van der Waals surface area contributed by atoms with Gasteiger partial charge in [0.25, 0.3) is 5.91 Å². The van der Waals surface area contributed by atoms with Crippen LogP contribution >= 0.6 is 0 Å². The smallest absolute Gasteiger partial charge is 0.261 e. The Hall–Kier alpha value is -2.19. The molecule has 21 heavy (non-hydrogen) atoms. The Bertz CT molecular complexity index is 521. The third kappa shape index (κ3) is 5.01. The zero-order valence-corrected chi connectivity index (χ0v) is 12.7. The number of amides is 1. The molecule has 1 rings (SSSR count). The molecule has 3 N–H and O–H groups in total. The van der Waals surface area contributed by atoms with Gasteiger partial charge >= 0.3 is 0 Å². The van der Waals surface area contributed by atoms with Crippen molar-refractivity contribution in [3.63, 3.8) is 0 Å². The molecule has 0 aliphatic carbocycles. The minimum absolute atomic E-state index is 0.0231. The third-order valence-corrected chi connectivity index (χ3v) is 2.85. The summed E-state index contributed by atoms with van der Waals surface area (Å²) in [4.78, 5) is 11.8. The fraction of sp³-hybridized carbons (Fsp3) is 0.438. The number of nitrogens with one attached hydrogen (secondary N) is 1. The van der Waals surface area contributed by atoms with E-state index in [1.807, 2.05) is 19.1 Å². The van der Waals surface area contributed by atoms with Gasteiger partial charge in [-0.25, -0.2) is 0 Å². The number of terminal acetylenes is 1. The summed E-state index contributed by atoms with van der Waals surface area (Å²) in [5.41, 5.74) is 6.75. The molecule has 2 unspecified atom stereocenters. The minimum atomic E-state index is -0.679. The van der Waals surface area contributed by atoms with Gasteiger partial charge in [0.1, 0.15) is 0 Å². The first-order valence-electron chi connectivity index (χ1n) is 6.78. The van der Waals surface area contributed by atoms with Crippen molar-refractivity contribution in [2.45, 2.75) is 32.4 Å². The van der Waals surface area contributed by atoms with E-state index in [4.69, 9.17) is 21.6 Å². The summed E-state index contributed by atoms with van der Waals surface area (Å²) in [6.07, 6.45) is 5.07. The molecule has 1 aromatic carbocycles. The van der Waals surface area contributed by atoms with Gasteiger partial charge in [0.15, 0.2) is 17.6 Å². The summed E-state index contributed by atoms with van der Waals surface area (Å²) in [6.45, 7) is 3.74. The monoisotopic (exact) mass is 290 g/mol. The highest BCUT2D eigenvalue weighted by Gasteiger charge is 2.19. The van der Waals surface area contributed by atoms with Gasteiger partial charge in [-0.15, -0.1) is 6.42 Å². The fourth-order valence-electron chi connectivity index (χ4n) is 1.88. The number of carbonyl (C=O) groups excluding carboxylic acids is 1. The average Bonchev–Trinajstić information content (AvgIpc) is 2.45. The number of ether oxygens (including phenoxy) is 2. The first-order valence-corrected chi connectivity index (χ1v) is 6.78. The van der Waals surface area contributed by atoms with Gasteiger partial charge < -0.3 is 20.5 Å². The van der Waals surface area contributed by atoms with E-state index >= 15 is 0 Å². The maximum absolute atomic E-state index is 11.8. The third-order valence-electron chi connectivity index (χ3n) is 2.85. The predicted molar refractivity (Wildman–Crippen MR) is 82.3 cm³/mol. The summed E-state index contributed by atoms with van der Waals surface area (Å²) >= 11 is 0. The van der Waals surface area contributed by atoms with Crippen LogP contribution in [0.3, 0.4) is 0 Å². The second kappa shape index (κ2) is 8.18. The van der Waals surface area contributed by atoms with Gasteiger partial charge in [-0.1, -0.05) is 18.1 Å². The molecule has 0 radical (unpaired) electrons. The Balaban J connectivity index is 2.94. The van der Waals surface area contributed by atoms with Crippen LogP contribution in [0.4, 0.5) is 0 Å². The molecule has 5 nitrogen and oxygen atoms in total. The number of rotatable bonds is 7. The van der Waals surface area contributed by atoms with Crippen LogP contribution in [-0.4, -0.2) is 31.7 Å². The Morgan fingerprint density at radius 1 is 1.48 bits per heavy atom. The summed E-state index contributed by atoms with van der Waals surface area (Å²) in [6, 6.07) is 5.54. The minimum Gasteiger partial charge on any atom is -0.493 e. The van der Waals surface area contributed by atoms with Crippen LogP contribution in [0.5, 0.6) is 11.5 Å². The molecule has 0 aliphatic rings. The zero-order chi connectivity index (χ0) is 15.8. The molecule has 0 fully saturated rings. The van der Waals surface area contributed by atoms with E-state index in [1.165, 1.54) is 0 Å². The van der Waals surface area contributed by atoms with Gasteiger partial charge in [-0.05, 0) is 31.9 Å². The quantitative estimate of drug-likeness (QED) is 0.738. The first kappa shape index (κ1) is 16.9. The summed E-state index contributed by atoms with van der Waals surface area (Å²) in [5.74, 6) is 3.19. The lowest BCUT2D eigenvalue weighted by atomic mass is 10.1.